The summed E-state index contributed by atoms with van der Waals surface area (Å²) in [5, 5.41) is 0.465. The van der Waals surface area contributed by atoms with Gasteiger partial charge in [0.1, 0.15) is 11.6 Å². The van der Waals surface area contributed by atoms with Crippen LogP contribution in [0.15, 0.2) is 18.2 Å². The minimum atomic E-state index is -0.570. The smallest absolute Gasteiger partial charge is 0.180 e. The molecule has 0 radical (unpaired) electrons. The molecule has 0 aliphatic carbocycles. The second-order valence-electron chi connectivity index (χ2n) is 3.89. The average Bonchev–Trinajstić information content (AvgIpc) is 2.57. The maximum atomic E-state index is 13.6. The fraction of sp³-hybridized carbons (Fsp3) is 0.250. The van der Waals surface area contributed by atoms with Gasteiger partial charge in [-0.1, -0.05) is 13.0 Å². The number of benzene rings is 1. The van der Waals surface area contributed by atoms with Gasteiger partial charge in [-0.05, 0) is 18.6 Å². The van der Waals surface area contributed by atoms with E-state index in [0.29, 0.717) is 10.7 Å². The molecule has 0 amide bonds. The molecule has 1 aromatic heterocycles. The highest BCUT2D eigenvalue weighted by molar-refractivity contribution is 7.15. The predicted molar refractivity (Wildman–Crippen MR) is 65.1 cm³/mol. The molecule has 2 N–H and O–H groups in total. The number of nitrogens with zero attached hydrogens (tertiary/aromatic N) is 1. The lowest BCUT2D eigenvalue weighted by Crippen LogP contribution is -1.99. The van der Waals surface area contributed by atoms with Crippen LogP contribution in [0.1, 0.15) is 29.0 Å². The fourth-order valence-electron chi connectivity index (χ4n) is 1.83. The van der Waals surface area contributed by atoms with E-state index in [0.717, 1.165) is 16.6 Å². The molecule has 1 aromatic carbocycles. The summed E-state index contributed by atoms with van der Waals surface area (Å²) in [6.45, 7) is 3.69. The van der Waals surface area contributed by atoms with E-state index in [2.05, 4.69) is 4.98 Å². The standard InChI is InChI=1S/C12H12F2N2S/c1-6(11-7(2)16-12(15)17-11)9-4-3-8(13)5-10(9)14/h3-6H,1-2H3,(H2,15,16). The molecule has 0 bridgehead atoms. The van der Waals surface area contributed by atoms with Crippen molar-refractivity contribution in [2.24, 2.45) is 0 Å². The number of rotatable bonds is 2. The lowest BCUT2D eigenvalue weighted by Gasteiger charge is -2.11. The van der Waals surface area contributed by atoms with Gasteiger partial charge in [0.05, 0.1) is 5.69 Å². The minimum Gasteiger partial charge on any atom is -0.375 e. The quantitative estimate of drug-likeness (QED) is 0.891. The van der Waals surface area contributed by atoms with Crippen LogP contribution in [0.2, 0.25) is 0 Å². The van der Waals surface area contributed by atoms with Gasteiger partial charge in [-0.3, -0.25) is 0 Å². The van der Waals surface area contributed by atoms with Crippen LogP contribution in [0.3, 0.4) is 0 Å². The highest BCUT2D eigenvalue weighted by Gasteiger charge is 2.18. The van der Waals surface area contributed by atoms with Crippen LogP contribution >= 0.6 is 11.3 Å². The number of anilines is 1. The summed E-state index contributed by atoms with van der Waals surface area (Å²) < 4.78 is 26.5. The number of aryl methyl sites for hydroxylation is 1. The number of hydrogen-bond donors (Lipinski definition) is 1. The summed E-state index contributed by atoms with van der Waals surface area (Å²) in [5.41, 5.74) is 6.86. The lowest BCUT2D eigenvalue weighted by molar-refractivity contribution is 0.568. The molecule has 0 aliphatic heterocycles. The Hall–Kier alpha value is -1.49. The highest BCUT2D eigenvalue weighted by atomic mass is 32.1. The molecular weight excluding hydrogens is 242 g/mol. The van der Waals surface area contributed by atoms with Gasteiger partial charge in [-0.15, -0.1) is 11.3 Å². The van der Waals surface area contributed by atoms with Crippen molar-refractivity contribution in [3.05, 3.63) is 46.0 Å². The zero-order valence-electron chi connectivity index (χ0n) is 9.50. The summed E-state index contributed by atoms with van der Waals surface area (Å²) in [4.78, 5) is 5.01. The molecule has 1 heterocycles. The van der Waals surface area contributed by atoms with Crippen molar-refractivity contribution in [2.45, 2.75) is 19.8 Å². The molecule has 2 rings (SSSR count). The van der Waals surface area contributed by atoms with Crippen molar-refractivity contribution in [1.82, 2.24) is 4.98 Å². The molecule has 90 valence electrons. The van der Waals surface area contributed by atoms with E-state index in [1.54, 1.807) is 0 Å². The molecule has 0 spiro atoms. The Morgan fingerprint density at radius 1 is 1.35 bits per heavy atom. The minimum absolute atomic E-state index is 0.176. The average molecular weight is 254 g/mol. The van der Waals surface area contributed by atoms with Crippen LogP contribution in [0.5, 0.6) is 0 Å². The van der Waals surface area contributed by atoms with E-state index < -0.39 is 11.6 Å². The first-order chi connectivity index (χ1) is 7.99. The van der Waals surface area contributed by atoms with Gasteiger partial charge in [0, 0.05) is 16.9 Å². The Kier molecular flexibility index (Phi) is 3.11. The molecule has 0 saturated carbocycles. The second-order valence-corrected chi connectivity index (χ2v) is 4.95. The van der Waals surface area contributed by atoms with Crippen LogP contribution in [-0.2, 0) is 0 Å². The Bertz CT molecular complexity index is 551. The van der Waals surface area contributed by atoms with Gasteiger partial charge in [0.25, 0.3) is 0 Å². The zero-order valence-corrected chi connectivity index (χ0v) is 10.3. The zero-order chi connectivity index (χ0) is 12.6. The number of nitrogens with two attached hydrogens (primary N) is 1. The summed E-state index contributed by atoms with van der Waals surface area (Å²) in [7, 11) is 0. The van der Waals surface area contributed by atoms with Crippen molar-refractivity contribution in [3.8, 4) is 0 Å². The topological polar surface area (TPSA) is 38.9 Å². The molecule has 0 saturated heterocycles. The number of aromatic nitrogens is 1. The van der Waals surface area contributed by atoms with Crippen LogP contribution in [-0.4, -0.2) is 4.98 Å². The molecule has 1 atom stereocenters. The molecule has 0 fully saturated rings. The number of thiazole rings is 1. The summed E-state index contributed by atoms with van der Waals surface area (Å²) in [6.07, 6.45) is 0. The van der Waals surface area contributed by atoms with Crippen LogP contribution in [0.4, 0.5) is 13.9 Å². The maximum Gasteiger partial charge on any atom is 0.180 e. The molecule has 17 heavy (non-hydrogen) atoms. The fourth-order valence-corrected chi connectivity index (χ4v) is 2.73. The van der Waals surface area contributed by atoms with Crippen molar-refractivity contribution < 1.29 is 8.78 Å². The third kappa shape index (κ3) is 2.29. The molecule has 1 unspecified atom stereocenters. The van der Waals surface area contributed by atoms with E-state index in [-0.39, 0.29) is 5.92 Å². The predicted octanol–water partition coefficient (Wildman–Crippen LogP) is 3.46. The van der Waals surface area contributed by atoms with Gasteiger partial charge in [0.2, 0.25) is 0 Å². The van der Waals surface area contributed by atoms with Crippen LogP contribution in [0, 0.1) is 18.6 Å². The second kappa shape index (κ2) is 4.41. The largest absolute Gasteiger partial charge is 0.375 e. The normalized spacial score (nSPS) is 12.7. The maximum absolute atomic E-state index is 13.6. The lowest BCUT2D eigenvalue weighted by atomic mass is 9.98. The molecule has 5 heteroatoms. The molecule has 2 aromatic rings. The van der Waals surface area contributed by atoms with Gasteiger partial charge < -0.3 is 5.73 Å². The number of halogens is 2. The third-order valence-electron chi connectivity index (χ3n) is 2.67. The Balaban J connectivity index is 2.43. The molecule has 2 nitrogen and oxygen atoms in total. The third-order valence-corrected chi connectivity index (χ3v) is 3.84. The number of nitrogen functional groups attached to an aromatic ring is 1. The van der Waals surface area contributed by atoms with Gasteiger partial charge in [0.15, 0.2) is 5.13 Å². The summed E-state index contributed by atoms with van der Waals surface area (Å²) in [5.74, 6) is -1.28. The first-order valence-electron chi connectivity index (χ1n) is 5.16. The van der Waals surface area contributed by atoms with Crippen molar-refractivity contribution in [1.29, 1.82) is 0 Å². The van der Waals surface area contributed by atoms with Crippen LogP contribution in [0.25, 0.3) is 0 Å². The number of hydrogen-bond acceptors (Lipinski definition) is 3. The van der Waals surface area contributed by atoms with E-state index >= 15 is 0 Å². The Labute approximate surface area is 102 Å². The van der Waals surface area contributed by atoms with Crippen molar-refractivity contribution >= 4 is 16.5 Å². The van der Waals surface area contributed by atoms with Gasteiger partial charge in [-0.2, -0.15) is 0 Å². The monoisotopic (exact) mass is 254 g/mol. The summed E-state index contributed by atoms with van der Waals surface area (Å²) >= 11 is 1.34. The van der Waals surface area contributed by atoms with Gasteiger partial charge >= 0.3 is 0 Å². The Morgan fingerprint density at radius 2 is 2.06 bits per heavy atom. The van der Waals surface area contributed by atoms with Crippen molar-refractivity contribution in [2.75, 3.05) is 5.73 Å². The van der Waals surface area contributed by atoms with E-state index in [1.165, 1.54) is 23.5 Å². The van der Waals surface area contributed by atoms with E-state index in [9.17, 15) is 8.78 Å². The molecule has 0 aliphatic rings. The SMILES string of the molecule is Cc1nc(N)sc1C(C)c1ccc(F)cc1F. The first-order valence-corrected chi connectivity index (χ1v) is 5.98. The first kappa shape index (κ1) is 12.0. The van der Waals surface area contributed by atoms with E-state index in [4.69, 9.17) is 5.73 Å². The Morgan fingerprint density at radius 3 is 2.59 bits per heavy atom. The highest BCUT2D eigenvalue weighted by Crippen LogP contribution is 2.33. The molecular formula is C12H12F2N2S. The van der Waals surface area contributed by atoms with E-state index in [1.807, 2.05) is 13.8 Å². The van der Waals surface area contributed by atoms with Crippen molar-refractivity contribution in [3.63, 3.8) is 0 Å². The summed E-state index contributed by atoms with van der Waals surface area (Å²) in [6, 6.07) is 3.62. The van der Waals surface area contributed by atoms with Gasteiger partial charge in [-0.25, -0.2) is 13.8 Å². The van der Waals surface area contributed by atoms with Crippen LogP contribution < -0.4 is 5.73 Å².